The number of aliphatic imine (C=N–C) groups is 1. The Hall–Kier alpha value is -1.59. The monoisotopic (exact) mass is 345 g/mol. The van der Waals surface area contributed by atoms with Crippen molar-refractivity contribution in [2.24, 2.45) is 4.99 Å². The zero-order valence-corrected chi connectivity index (χ0v) is 15.3. The lowest BCUT2D eigenvalue weighted by molar-refractivity contribution is -0.0320. The Balaban J connectivity index is 1.32. The van der Waals surface area contributed by atoms with Crippen molar-refractivity contribution in [3.63, 3.8) is 0 Å². The van der Waals surface area contributed by atoms with E-state index >= 15 is 0 Å². The second-order valence-corrected chi connectivity index (χ2v) is 7.03. The van der Waals surface area contributed by atoms with Crippen molar-refractivity contribution >= 4 is 5.96 Å². The third-order valence-electron chi connectivity index (χ3n) is 5.19. The van der Waals surface area contributed by atoms with Crippen LogP contribution in [-0.4, -0.2) is 52.0 Å². The number of hydrogen-bond acceptors (Lipinski definition) is 3. The van der Waals surface area contributed by atoms with Crippen LogP contribution in [0.5, 0.6) is 0 Å². The van der Waals surface area contributed by atoms with Gasteiger partial charge in [0, 0.05) is 45.4 Å². The number of nitrogens with zero attached hydrogens (tertiary/aromatic N) is 1. The fourth-order valence-electron chi connectivity index (χ4n) is 3.36. The minimum atomic E-state index is 0.297. The maximum Gasteiger partial charge on any atom is 0.191 e. The van der Waals surface area contributed by atoms with Gasteiger partial charge in [-0.15, -0.1) is 0 Å². The zero-order chi connectivity index (χ0) is 17.4. The lowest BCUT2D eigenvalue weighted by Gasteiger charge is -2.22. The summed E-state index contributed by atoms with van der Waals surface area (Å²) in [5.41, 5.74) is 1.73. The van der Waals surface area contributed by atoms with Gasteiger partial charge in [-0.1, -0.05) is 30.3 Å². The SMILES string of the molecule is CN=C(NCCCOC1CCOCC1)NCC1(c2ccccc2)CC1. The number of nitrogens with one attached hydrogen (secondary N) is 2. The van der Waals surface area contributed by atoms with E-state index in [9.17, 15) is 0 Å². The molecule has 0 bridgehead atoms. The van der Waals surface area contributed by atoms with Gasteiger partial charge in [0.15, 0.2) is 5.96 Å². The first-order valence-corrected chi connectivity index (χ1v) is 9.52. The molecule has 1 aliphatic heterocycles. The van der Waals surface area contributed by atoms with E-state index in [1.807, 2.05) is 7.05 Å². The van der Waals surface area contributed by atoms with E-state index < -0.39 is 0 Å². The predicted molar refractivity (Wildman–Crippen MR) is 101 cm³/mol. The van der Waals surface area contributed by atoms with Crippen molar-refractivity contribution in [1.82, 2.24) is 10.6 Å². The maximum atomic E-state index is 5.90. The summed E-state index contributed by atoms with van der Waals surface area (Å²) in [4.78, 5) is 4.34. The van der Waals surface area contributed by atoms with Crippen molar-refractivity contribution in [2.45, 2.75) is 43.6 Å². The maximum absolute atomic E-state index is 5.90. The van der Waals surface area contributed by atoms with Gasteiger partial charge in [0.05, 0.1) is 6.10 Å². The van der Waals surface area contributed by atoms with Gasteiger partial charge in [-0.3, -0.25) is 4.99 Å². The Bertz CT molecular complexity index is 537. The topological polar surface area (TPSA) is 54.9 Å². The third kappa shape index (κ3) is 5.44. The molecule has 1 aliphatic carbocycles. The highest BCUT2D eigenvalue weighted by molar-refractivity contribution is 5.79. The molecule has 0 unspecified atom stereocenters. The number of hydrogen-bond donors (Lipinski definition) is 2. The molecule has 1 aromatic rings. The number of rotatable bonds is 8. The summed E-state index contributed by atoms with van der Waals surface area (Å²) in [6.07, 6.45) is 5.92. The molecule has 0 spiro atoms. The molecule has 1 saturated heterocycles. The third-order valence-corrected chi connectivity index (χ3v) is 5.19. The smallest absolute Gasteiger partial charge is 0.191 e. The van der Waals surface area contributed by atoms with Crippen LogP contribution in [0.2, 0.25) is 0 Å². The van der Waals surface area contributed by atoms with Crippen LogP contribution in [0.3, 0.4) is 0 Å². The van der Waals surface area contributed by atoms with Crippen LogP contribution < -0.4 is 10.6 Å². The molecular formula is C20H31N3O2. The van der Waals surface area contributed by atoms with Crippen molar-refractivity contribution < 1.29 is 9.47 Å². The predicted octanol–water partition coefficient (Wildman–Crippen LogP) is 2.47. The first kappa shape index (κ1) is 18.2. The largest absolute Gasteiger partial charge is 0.381 e. The first-order valence-electron chi connectivity index (χ1n) is 9.52. The van der Waals surface area contributed by atoms with Gasteiger partial charge in [0.2, 0.25) is 0 Å². The van der Waals surface area contributed by atoms with E-state index in [1.165, 1.54) is 18.4 Å². The van der Waals surface area contributed by atoms with E-state index in [-0.39, 0.29) is 0 Å². The normalized spacial score (nSPS) is 20.3. The van der Waals surface area contributed by atoms with E-state index in [2.05, 4.69) is 46.0 Å². The number of guanidine groups is 1. The van der Waals surface area contributed by atoms with Crippen molar-refractivity contribution in [1.29, 1.82) is 0 Å². The molecular weight excluding hydrogens is 314 g/mol. The fraction of sp³-hybridized carbons (Fsp3) is 0.650. The highest BCUT2D eigenvalue weighted by atomic mass is 16.5. The highest BCUT2D eigenvalue weighted by Crippen LogP contribution is 2.47. The van der Waals surface area contributed by atoms with Gasteiger partial charge in [-0.25, -0.2) is 0 Å². The summed E-state index contributed by atoms with van der Waals surface area (Å²) in [6, 6.07) is 10.8. The second-order valence-electron chi connectivity index (χ2n) is 7.03. The molecule has 25 heavy (non-hydrogen) atoms. The Morgan fingerprint density at radius 2 is 1.96 bits per heavy atom. The summed E-state index contributed by atoms with van der Waals surface area (Å²) in [6.45, 7) is 4.28. The standard InChI is InChI=1S/C20H31N3O2/c1-21-19(22-12-5-13-25-18-8-14-24-15-9-18)23-16-20(10-11-20)17-6-3-2-4-7-17/h2-4,6-7,18H,5,8-16H2,1H3,(H2,21,22,23). The molecule has 2 N–H and O–H groups in total. The van der Waals surface area contributed by atoms with Crippen LogP contribution in [0.15, 0.2) is 35.3 Å². The molecule has 2 fully saturated rings. The Labute approximate surface area is 151 Å². The Morgan fingerprint density at radius 1 is 1.20 bits per heavy atom. The van der Waals surface area contributed by atoms with Gasteiger partial charge in [0.1, 0.15) is 0 Å². The highest BCUT2D eigenvalue weighted by Gasteiger charge is 2.43. The average Bonchev–Trinajstić information content (AvgIpc) is 3.47. The molecule has 0 aromatic heterocycles. The Kier molecular flexibility index (Phi) is 6.70. The molecule has 1 aromatic carbocycles. The summed E-state index contributed by atoms with van der Waals surface area (Å²) >= 11 is 0. The van der Waals surface area contributed by atoms with E-state index in [0.29, 0.717) is 11.5 Å². The lowest BCUT2D eigenvalue weighted by atomic mass is 9.96. The first-order chi connectivity index (χ1) is 12.3. The molecule has 1 saturated carbocycles. The fourth-order valence-corrected chi connectivity index (χ4v) is 3.36. The minimum absolute atomic E-state index is 0.297. The van der Waals surface area contributed by atoms with Crippen LogP contribution in [0.4, 0.5) is 0 Å². The number of ether oxygens (including phenoxy) is 2. The summed E-state index contributed by atoms with van der Waals surface area (Å²) < 4.78 is 11.2. The molecule has 1 heterocycles. The molecule has 5 nitrogen and oxygen atoms in total. The van der Waals surface area contributed by atoms with Crippen LogP contribution in [-0.2, 0) is 14.9 Å². The van der Waals surface area contributed by atoms with Crippen molar-refractivity contribution in [3.8, 4) is 0 Å². The van der Waals surface area contributed by atoms with Crippen molar-refractivity contribution in [3.05, 3.63) is 35.9 Å². The number of benzene rings is 1. The molecule has 0 amide bonds. The molecule has 0 radical (unpaired) electrons. The summed E-state index contributed by atoms with van der Waals surface area (Å²) in [5.74, 6) is 0.883. The van der Waals surface area contributed by atoms with Gasteiger partial charge in [-0.05, 0) is 37.7 Å². The van der Waals surface area contributed by atoms with Gasteiger partial charge < -0.3 is 20.1 Å². The lowest BCUT2D eigenvalue weighted by Crippen LogP contribution is -2.41. The average molecular weight is 345 g/mol. The van der Waals surface area contributed by atoms with Crippen LogP contribution in [0, 0.1) is 0 Å². The minimum Gasteiger partial charge on any atom is -0.381 e. The second kappa shape index (κ2) is 9.20. The summed E-state index contributed by atoms with van der Waals surface area (Å²) in [5, 5.41) is 6.89. The van der Waals surface area contributed by atoms with Crippen LogP contribution >= 0.6 is 0 Å². The molecule has 138 valence electrons. The Morgan fingerprint density at radius 3 is 2.64 bits per heavy atom. The van der Waals surface area contributed by atoms with Crippen LogP contribution in [0.1, 0.15) is 37.7 Å². The van der Waals surface area contributed by atoms with Crippen molar-refractivity contribution in [2.75, 3.05) is 40.0 Å². The molecule has 5 heteroatoms. The van der Waals surface area contributed by atoms with E-state index in [0.717, 1.165) is 58.1 Å². The molecule has 3 rings (SSSR count). The molecule has 0 atom stereocenters. The van der Waals surface area contributed by atoms with Crippen LogP contribution in [0.25, 0.3) is 0 Å². The van der Waals surface area contributed by atoms with E-state index in [1.54, 1.807) is 0 Å². The zero-order valence-electron chi connectivity index (χ0n) is 15.3. The quantitative estimate of drug-likeness (QED) is 0.432. The van der Waals surface area contributed by atoms with Gasteiger partial charge >= 0.3 is 0 Å². The van der Waals surface area contributed by atoms with Gasteiger partial charge in [-0.2, -0.15) is 0 Å². The van der Waals surface area contributed by atoms with Gasteiger partial charge in [0.25, 0.3) is 0 Å². The molecule has 2 aliphatic rings. The van der Waals surface area contributed by atoms with E-state index in [4.69, 9.17) is 9.47 Å². The summed E-state index contributed by atoms with van der Waals surface area (Å²) in [7, 11) is 1.83.